The highest BCUT2D eigenvalue weighted by atomic mass is 79.9. The zero-order chi connectivity index (χ0) is 12.5. The van der Waals surface area contributed by atoms with Crippen LogP contribution in [-0.2, 0) is 6.42 Å². The van der Waals surface area contributed by atoms with Crippen molar-refractivity contribution in [1.29, 1.82) is 0 Å². The van der Waals surface area contributed by atoms with Gasteiger partial charge in [0.05, 0.1) is 5.69 Å². The van der Waals surface area contributed by atoms with Gasteiger partial charge in [0.2, 0.25) is 0 Å². The van der Waals surface area contributed by atoms with E-state index in [0.717, 1.165) is 24.1 Å². The van der Waals surface area contributed by atoms with Gasteiger partial charge < -0.3 is 0 Å². The van der Waals surface area contributed by atoms with E-state index in [1.54, 1.807) is 0 Å². The zero-order valence-corrected chi connectivity index (χ0v) is 12.7. The van der Waals surface area contributed by atoms with Crippen molar-refractivity contribution in [1.82, 2.24) is 9.78 Å². The highest BCUT2D eigenvalue weighted by Crippen LogP contribution is 2.48. The van der Waals surface area contributed by atoms with Crippen molar-refractivity contribution < 1.29 is 0 Å². The molecule has 1 aliphatic rings. The minimum atomic E-state index is 0.397. The first-order chi connectivity index (χ1) is 8.09. The molecule has 0 amide bonds. The van der Waals surface area contributed by atoms with E-state index in [4.69, 9.17) is 5.10 Å². The molecule has 1 aromatic heterocycles. The lowest BCUT2D eigenvalue weighted by molar-refractivity contribution is 0.313. The van der Waals surface area contributed by atoms with E-state index in [2.05, 4.69) is 53.6 Å². The van der Waals surface area contributed by atoms with Crippen molar-refractivity contribution in [2.24, 2.45) is 11.3 Å². The Bertz CT molecular complexity index is 370. The van der Waals surface area contributed by atoms with Gasteiger partial charge in [0, 0.05) is 17.6 Å². The summed E-state index contributed by atoms with van der Waals surface area (Å²) in [6.07, 6.45) is 7.17. The molecule has 0 aromatic carbocycles. The van der Waals surface area contributed by atoms with Crippen LogP contribution in [0.2, 0.25) is 0 Å². The molecular weight excluding hydrogens is 276 g/mol. The molecular formula is C14H23BrN2. The number of halogens is 1. The molecule has 1 aliphatic carbocycles. The molecule has 0 spiro atoms. The molecule has 2 nitrogen and oxygen atoms in total. The van der Waals surface area contributed by atoms with Crippen molar-refractivity contribution in [2.45, 2.75) is 52.5 Å². The molecule has 0 bridgehead atoms. The van der Waals surface area contributed by atoms with Crippen LogP contribution in [0, 0.1) is 11.3 Å². The van der Waals surface area contributed by atoms with Gasteiger partial charge in [-0.2, -0.15) is 5.10 Å². The van der Waals surface area contributed by atoms with Crippen LogP contribution < -0.4 is 0 Å². The molecule has 1 saturated carbocycles. The maximum Gasteiger partial charge on any atom is 0.0630 e. The van der Waals surface area contributed by atoms with Crippen LogP contribution in [-0.4, -0.2) is 15.1 Å². The fourth-order valence-electron chi connectivity index (χ4n) is 2.40. The number of hydrogen-bond donors (Lipinski definition) is 0. The lowest BCUT2D eigenvalue weighted by Gasteiger charge is -2.26. The molecule has 2 atom stereocenters. The second kappa shape index (κ2) is 5.13. The minimum Gasteiger partial charge on any atom is -0.270 e. The van der Waals surface area contributed by atoms with Gasteiger partial charge in [-0.15, -0.1) is 0 Å². The topological polar surface area (TPSA) is 17.8 Å². The molecule has 1 heterocycles. The Morgan fingerprint density at radius 1 is 1.59 bits per heavy atom. The van der Waals surface area contributed by atoms with Crippen molar-refractivity contribution >= 4 is 15.9 Å². The van der Waals surface area contributed by atoms with Crippen LogP contribution in [0.1, 0.15) is 51.8 Å². The summed E-state index contributed by atoms with van der Waals surface area (Å²) in [5, 5.41) is 5.80. The molecule has 0 N–H and O–H groups in total. The van der Waals surface area contributed by atoms with Crippen molar-refractivity contribution in [3.63, 3.8) is 0 Å². The molecule has 0 saturated heterocycles. The first kappa shape index (κ1) is 13.1. The highest BCUT2D eigenvalue weighted by molar-refractivity contribution is 9.09. The summed E-state index contributed by atoms with van der Waals surface area (Å²) in [5.41, 5.74) is 1.65. The average Bonchev–Trinajstić information content (AvgIpc) is 3.10. The molecule has 2 rings (SSSR count). The SMILES string of the molecule is CCC(C)n1ccc(CC(C)(CBr)C2CC2)n1. The second-order valence-corrected chi connectivity index (χ2v) is 6.34. The van der Waals surface area contributed by atoms with Gasteiger partial charge >= 0.3 is 0 Å². The first-order valence-electron chi connectivity index (χ1n) is 6.69. The minimum absolute atomic E-state index is 0.397. The fraction of sp³-hybridized carbons (Fsp3) is 0.786. The standard InChI is InChI=1S/C14H23BrN2/c1-4-11(2)17-8-7-13(16-17)9-14(3,10-15)12-5-6-12/h7-8,11-12H,4-6,9-10H2,1-3H3. The summed E-state index contributed by atoms with van der Waals surface area (Å²) in [4.78, 5) is 0. The van der Waals surface area contributed by atoms with Gasteiger partial charge in [-0.3, -0.25) is 4.68 Å². The van der Waals surface area contributed by atoms with E-state index in [1.807, 2.05) is 0 Å². The predicted molar refractivity (Wildman–Crippen MR) is 75.6 cm³/mol. The van der Waals surface area contributed by atoms with Crippen molar-refractivity contribution in [3.05, 3.63) is 18.0 Å². The Kier molecular flexibility index (Phi) is 3.96. The Morgan fingerprint density at radius 3 is 2.82 bits per heavy atom. The Balaban J connectivity index is 2.05. The lowest BCUT2D eigenvalue weighted by atomic mass is 9.82. The van der Waals surface area contributed by atoms with E-state index >= 15 is 0 Å². The molecule has 96 valence electrons. The summed E-state index contributed by atoms with van der Waals surface area (Å²) in [5.74, 6) is 0.899. The first-order valence-corrected chi connectivity index (χ1v) is 7.81. The number of hydrogen-bond acceptors (Lipinski definition) is 1. The van der Waals surface area contributed by atoms with E-state index in [9.17, 15) is 0 Å². The highest BCUT2D eigenvalue weighted by Gasteiger charge is 2.41. The smallest absolute Gasteiger partial charge is 0.0630 e. The largest absolute Gasteiger partial charge is 0.270 e. The molecule has 3 heteroatoms. The van der Waals surface area contributed by atoms with E-state index in [-0.39, 0.29) is 0 Å². The molecule has 17 heavy (non-hydrogen) atoms. The summed E-state index contributed by atoms with van der Waals surface area (Å²) in [6, 6.07) is 2.70. The van der Waals surface area contributed by atoms with Gasteiger partial charge in [-0.25, -0.2) is 0 Å². The molecule has 0 aliphatic heterocycles. The maximum absolute atomic E-state index is 4.72. The molecule has 1 fully saturated rings. The van der Waals surface area contributed by atoms with Crippen LogP contribution in [0.5, 0.6) is 0 Å². The predicted octanol–water partition coefficient (Wildman–Crippen LogP) is 4.21. The van der Waals surface area contributed by atoms with Crippen molar-refractivity contribution in [3.8, 4) is 0 Å². The van der Waals surface area contributed by atoms with Gasteiger partial charge in [0.1, 0.15) is 0 Å². The maximum atomic E-state index is 4.72. The third-order valence-corrected chi connectivity index (χ3v) is 5.44. The van der Waals surface area contributed by atoms with Crippen LogP contribution in [0.25, 0.3) is 0 Å². The monoisotopic (exact) mass is 298 g/mol. The fourth-order valence-corrected chi connectivity index (χ4v) is 3.06. The van der Waals surface area contributed by atoms with Crippen LogP contribution in [0.3, 0.4) is 0 Å². The number of nitrogens with zero attached hydrogens (tertiary/aromatic N) is 2. The van der Waals surface area contributed by atoms with E-state index in [1.165, 1.54) is 18.5 Å². The average molecular weight is 299 g/mol. The summed E-state index contributed by atoms with van der Waals surface area (Å²) in [6.45, 7) is 6.82. The molecule has 0 radical (unpaired) electrons. The Labute approximate surface area is 113 Å². The van der Waals surface area contributed by atoms with Crippen molar-refractivity contribution in [2.75, 3.05) is 5.33 Å². The summed E-state index contributed by atoms with van der Waals surface area (Å²) >= 11 is 3.68. The number of rotatable bonds is 6. The van der Waals surface area contributed by atoms with Crippen LogP contribution in [0.15, 0.2) is 12.3 Å². The quantitative estimate of drug-likeness (QED) is 0.720. The second-order valence-electron chi connectivity index (χ2n) is 5.78. The van der Waals surface area contributed by atoms with Gasteiger partial charge in [0.25, 0.3) is 0 Å². The lowest BCUT2D eigenvalue weighted by Crippen LogP contribution is -2.24. The molecule has 1 aromatic rings. The third-order valence-electron chi connectivity index (χ3n) is 4.16. The zero-order valence-electron chi connectivity index (χ0n) is 11.1. The number of aromatic nitrogens is 2. The van der Waals surface area contributed by atoms with Gasteiger partial charge in [-0.05, 0) is 50.0 Å². The summed E-state index contributed by atoms with van der Waals surface area (Å²) in [7, 11) is 0. The van der Waals surface area contributed by atoms with Crippen LogP contribution >= 0.6 is 15.9 Å². The molecule has 2 unspecified atom stereocenters. The van der Waals surface area contributed by atoms with Crippen LogP contribution in [0.4, 0.5) is 0 Å². The van der Waals surface area contributed by atoms with Gasteiger partial charge in [0.15, 0.2) is 0 Å². The van der Waals surface area contributed by atoms with E-state index < -0.39 is 0 Å². The normalized spacial score (nSPS) is 21.2. The Morgan fingerprint density at radius 2 is 2.29 bits per heavy atom. The third kappa shape index (κ3) is 2.93. The summed E-state index contributed by atoms with van der Waals surface area (Å²) < 4.78 is 2.11. The van der Waals surface area contributed by atoms with E-state index in [0.29, 0.717) is 11.5 Å². The van der Waals surface area contributed by atoms with Gasteiger partial charge in [-0.1, -0.05) is 29.8 Å². The number of alkyl halides is 1. The Hall–Kier alpha value is -0.310.